The lowest BCUT2D eigenvalue weighted by Crippen LogP contribution is -2.15. The minimum absolute atomic E-state index is 0.104. The zero-order valence-electron chi connectivity index (χ0n) is 16.4. The Hall–Kier alpha value is -2.06. The lowest BCUT2D eigenvalue weighted by atomic mass is 10.1. The fourth-order valence-electron chi connectivity index (χ4n) is 3.10. The molecule has 0 atom stereocenters. The molecule has 1 aromatic heterocycles. The molecule has 29 heavy (non-hydrogen) atoms. The maximum atomic E-state index is 12.5. The summed E-state index contributed by atoms with van der Waals surface area (Å²) in [4.78, 5) is 12.5. The zero-order chi connectivity index (χ0) is 20.8. The van der Waals surface area contributed by atoms with Gasteiger partial charge in [0.15, 0.2) is 0 Å². The third-order valence-corrected chi connectivity index (χ3v) is 5.52. The standard InChI is InChI=1S/C22H23ClIN3O2/c1-3-19-20(13-21(28)25-17-8-6-5-7-9-17)26-27(4-2)22(19)29-18-11-15(14-24)10-16(23)12-18/h5-12H,3-4,13-14H2,1-2H3,(H,25,28). The quantitative estimate of drug-likeness (QED) is 0.290. The summed E-state index contributed by atoms with van der Waals surface area (Å²) in [5.41, 5.74) is 3.53. The number of hydrogen-bond acceptors (Lipinski definition) is 3. The van der Waals surface area contributed by atoms with E-state index in [1.807, 2.05) is 56.3 Å². The number of aromatic nitrogens is 2. The number of nitrogens with one attached hydrogen (secondary N) is 1. The Morgan fingerprint density at radius 2 is 1.97 bits per heavy atom. The summed E-state index contributed by atoms with van der Waals surface area (Å²) in [6.45, 7) is 4.68. The van der Waals surface area contributed by atoms with E-state index in [4.69, 9.17) is 16.3 Å². The van der Waals surface area contributed by atoms with Gasteiger partial charge in [-0.25, -0.2) is 4.68 Å². The summed E-state index contributed by atoms with van der Waals surface area (Å²) in [6, 6.07) is 15.1. The molecule has 0 radical (unpaired) electrons. The molecule has 0 saturated heterocycles. The van der Waals surface area contributed by atoms with E-state index in [9.17, 15) is 4.79 Å². The lowest BCUT2D eigenvalue weighted by molar-refractivity contribution is -0.115. The van der Waals surface area contributed by atoms with E-state index in [1.54, 1.807) is 10.7 Å². The highest BCUT2D eigenvalue weighted by Gasteiger charge is 2.20. The van der Waals surface area contributed by atoms with E-state index >= 15 is 0 Å². The highest BCUT2D eigenvalue weighted by Crippen LogP contribution is 2.32. The van der Waals surface area contributed by atoms with Crippen molar-refractivity contribution in [2.75, 3.05) is 5.32 Å². The van der Waals surface area contributed by atoms with Crippen LogP contribution in [0.25, 0.3) is 0 Å². The molecule has 0 fully saturated rings. The normalized spacial score (nSPS) is 10.8. The van der Waals surface area contributed by atoms with Gasteiger partial charge in [0.05, 0.1) is 12.1 Å². The second-order valence-electron chi connectivity index (χ2n) is 6.52. The summed E-state index contributed by atoms with van der Waals surface area (Å²) in [5.74, 6) is 1.24. The van der Waals surface area contributed by atoms with Crippen LogP contribution in [0.2, 0.25) is 5.02 Å². The number of aryl methyl sites for hydroxylation is 1. The highest BCUT2D eigenvalue weighted by atomic mass is 127. The second-order valence-corrected chi connectivity index (χ2v) is 7.72. The van der Waals surface area contributed by atoms with E-state index in [0.29, 0.717) is 29.6 Å². The topological polar surface area (TPSA) is 56.2 Å². The molecule has 5 nitrogen and oxygen atoms in total. The number of ether oxygens (including phenoxy) is 1. The molecular weight excluding hydrogens is 501 g/mol. The van der Waals surface area contributed by atoms with Crippen molar-refractivity contribution in [3.8, 4) is 11.6 Å². The van der Waals surface area contributed by atoms with Crippen LogP contribution >= 0.6 is 34.2 Å². The van der Waals surface area contributed by atoms with Gasteiger partial charge in [0.25, 0.3) is 0 Å². The van der Waals surface area contributed by atoms with Crippen molar-refractivity contribution in [2.45, 2.75) is 37.7 Å². The van der Waals surface area contributed by atoms with Crippen molar-refractivity contribution in [1.82, 2.24) is 9.78 Å². The monoisotopic (exact) mass is 523 g/mol. The van der Waals surface area contributed by atoms with Crippen molar-refractivity contribution in [1.29, 1.82) is 0 Å². The van der Waals surface area contributed by atoms with Crippen LogP contribution in [0.1, 0.15) is 30.7 Å². The fraction of sp³-hybridized carbons (Fsp3) is 0.273. The third kappa shape index (κ3) is 5.51. The summed E-state index contributed by atoms with van der Waals surface area (Å²) < 4.78 is 8.85. The predicted molar refractivity (Wildman–Crippen MR) is 125 cm³/mol. The largest absolute Gasteiger partial charge is 0.439 e. The number of rotatable bonds is 8. The first-order valence-electron chi connectivity index (χ1n) is 9.50. The van der Waals surface area contributed by atoms with Crippen molar-refractivity contribution in [2.24, 2.45) is 0 Å². The van der Waals surface area contributed by atoms with Crippen LogP contribution in [-0.4, -0.2) is 15.7 Å². The molecule has 1 N–H and O–H groups in total. The molecule has 7 heteroatoms. The van der Waals surface area contributed by atoms with E-state index in [1.165, 1.54) is 0 Å². The summed E-state index contributed by atoms with van der Waals surface area (Å²) >= 11 is 8.53. The van der Waals surface area contributed by atoms with Crippen LogP contribution in [-0.2, 0) is 28.6 Å². The van der Waals surface area contributed by atoms with Crippen molar-refractivity contribution in [3.63, 3.8) is 0 Å². The maximum absolute atomic E-state index is 12.5. The van der Waals surface area contributed by atoms with Crippen LogP contribution < -0.4 is 10.1 Å². The van der Waals surface area contributed by atoms with Crippen molar-refractivity contribution >= 4 is 45.8 Å². The molecule has 0 aliphatic carbocycles. The van der Waals surface area contributed by atoms with Gasteiger partial charge in [0.2, 0.25) is 11.8 Å². The van der Waals surface area contributed by atoms with E-state index in [2.05, 4.69) is 33.0 Å². The highest BCUT2D eigenvalue weighted by molar-refractivity contribution is 14.1. The first kappa shape index (κ1) is 21.6. The molecule has 0 aliphatic heterocycles. The Morgan fingerprint density at radius 3 is 2.62 bits per heavy atom. The number of benzene rings is 2. The number of hydrogen-bond donors (Lipinski definition) is 1. The SMILES string of the molecule is CCc1c(CC(=O)Nc2ccccc2)nn(CC)c1Oc1cc(Cl)cc(CI)c1. The summed E-state index contributed by atoms with van der Waals surface area (Å²) in [6.07, 6.45) is 0.902. The minimum Gasteiger partial charge on any atom is -0.439 e. The smallest absolute Gasteiger partial charge is 0.230 e. The predicted octanol–water partition coefficient (Wildman–Crippen LogP) is 6.03. The number of alkyl halides is 1. The Bertz CT molecular complexity index is 989. The van der Waals surface area contributed by atoms with Gasteiger partial charge in [0.1, 0.15) is 5.75 Å². The Labute approximate surface area is 189 Å². The molecule has 1 heterocycles. The molecule has 0 spiro atoms. The van der Waals surface area contributed by atoms with Crippen LogP contribution in [0, 0.1) is 0 Å². The number of carbonyl (C=O) groups is 1. The van der Waals surface area contributed by atoms with Gasteiger partial charge >= 0.3 is 0 Å². The van der Waals surface area contributed by atoms with Gasteiger partial charge in [0, 0.05) is 27.2 Å². The minimum atomic E-state index is -0.104. The summed E-state index contributed by atoms with van der Waals surface area (Å²) in [7, 11) is 0. The number of anilines is 1. The fourth-order valence-corrected chi connectivity index (χ4v) is 3.79. The molecule has 152 valence electrons. The summed E-state index contributed by atoms with van der Waals surface area (Å²) in [5, 5.41) is 8.19. The maximum Gasteiger partial charge on any atom is 0.230 e. The van der Waals surface area contributed by atoms with Crippen molar-refractivity contribution < 1.29 is 9.53 Å². The number of amides is 1. The Kier molecular flexibility index (Phi) is 7.55. The van der Waals surface area contributed by atoms with Crippen LogP contribution in [0.15, 0.2) is 48.5 Å². The molecule has 2 aromatic carbocycles. The molecular formula is C22H23ClIN3O2. The van der Waals surface area contributed by atoms with E-state index in [-0.39, 0.29) is 12.3 Å². The van der Waals surface area contributed by atoms with Gasteiger partial charge in [-0.3, -0.25) is 4.79 Å². The first-order chi connectivity index (χ1) is 14.0. The molecule has 3 rings (SSSR count). The van der Waals surface area contributed by atoms with Gasteiger partial charge in [-0.05, 0) is 49.2 Å². The molecule has 0 aliphatic rings. The molecule has 1 amide bonds. The lowest BCUT2D eigenvalue weighted by Gasteiger charge is -2.11. The molecule has 0 saturated carbocycles. The average Bonchev–Trinajstić information content (AvgIpc) is 3.03. The van der Waals surface area contributed by atoms with E-state index in [0.717, 1.165) is 26.9 Å². The average molecular weight is 524 g/mol. The molecule has 0 unspecified atom stereocenters. The van der Waals surface area contributed by atoms with Crippen LogP contribution in [0.3, 0.4) is 0 Å². The van der Waals surface area contributed by atoms with Crippen molar-refractivity contribution in [3.05, 3.63) is 70.4 Å². The molecule has 3 aromatic rings. The second kappa shape index (κ2) is 10.1. The van der Waals surface area contributed by atoms with E-state index < -0.39 is 0 Å². The number of carbonyl (C=O) groups excluding carboxylic acids is 1. The van der Waals surface area contributed by atoms with Gasteiger partial charge in [-0.15, -0.1) is 0 Å². The number of para-hydroxylation sites is 1. The third-order valence-electron chi connectivity index (χ3n) is 4.42. The van der Waals surface area contributed by atoms with Gasteiger partial charge < -0.3 is 10.1 Å². The van der Waals surface area contributed by atoms with Gasteiger partial charge in [-0.2, -0.15) is 5.10 Å². The zero-order valence-corrected chi connectivity index (χ0v) is 19.3. The van der Waals surface area contributed by atoms with Crippen LogP contribution in [0.4, 0.5) is 5.69 Å². The Morgan fingerprint density at radius 1 is 1.21 bits per heavy atom. The number of halogens is 2. The Balaban J connectivity index is 1.86. The van der Waals surface area contributed by atoms with Crippen LogP contribution in [0.5, 0.6) is 11.6 Å². The molecule has 0 bridgehead atoms. The van der Waals surface area contributed by atoms with Gasteiger partial charge in [-0.1, -0.05) is 59.3 Å². The number of nitrogens with zero attached hydrogens (tertiary/aromatic N) is 2. The first-order valence-corrected chi connectivity index (χ1v) is 11.4.